The summed E-state index contributed by atoms with van der Waals surface area (Å²) in [6.45, 7) is 3.23. The molecule has 0 amide bonds. The fourth-order valence-corrected chi connectivity index (χ4v) is 1.71. The maximum Gasteiger partial charge on any atom is 0.119 e. The van der Waals surface area contributed by atoms with Gasteiger partial charge in [0.25, 0.3) is 0 Å². The topological polar surface area (TPSA) is 41.5 Å². The molecule has 1 unspecified atom stereocenters. The minimum atomic E-state index is 0.238. The standard InChI is InChI=1S/C13H21NO2/c1-3-13(14-8-5-9-15)11-6-4-7-12(10-11)16-2/h4,6-7,10,13-15H,3,5,8-9H2,1-2H3. The summed E-state index contributed by atoms with van der Waals surface area (Å²) in [7, 11) is 1.68. The van der Waals surface area contributed by atoms with Gasteiger partial charge < -0.3 is 15.2 Å². The van der Waals surface area contributed by atoms with Crippen LogP contribution in [-0.2, 0) is 0 Å². The molecule has 1 aromatic carbocycles. The lowest BCUT2D eigenvalue weighted by Gasteiger charge is -2.17. The van der Waals surface area contributed by atoms with Crippen LogP contribution >= 0.6 is 0 Å². The minimum absolute atomic E-state index is 0.238. The van der Waals surface area contributed by atoms with Crippen molar-refractivity contribution in [1.82, 2.24) is 5.32 Å². The van der Waals surface area contributed by atoms with Gasteiger partial charge in [0, 0.05) is 12.6 Å². The predicted molar refractivity (Wildman–Crippen MR) is 65.7 cm³/mol. The lowest BCUT2D eigenvalue weighted by molar-refractivity contribution is 0.282. The zero-order valence-corrected chi connectivity index (χ0v) is 10.1. The van der Waals surface area contributed by atoms with Gasteiger partial charge >= 0.3 is 0 Å². The van der Waals surface area contributed by atoms with Crippen molar-refractivity contribution in [3.8, 4) is 5.75 Å². The Morgan fingerprint density at radius 3 is 2.88 bits per heavy atom. The molecule has 0 saturated carbocycles. The first-order chi connectivity index (χ1) is 7.81. The highest BCUT2D eigenvalue weighted by Crippen LogP contribution is 2.21. The van der Waals surface area contributed by atoms with Gasteiger partial charge in [-0.1, -0.05) is 19.1 Å². The molecule has 3 nitrogen and oxygen atoms in total. The van der Waals surface area contributed by atoms with Gasteiger partial charge in [0.15, 0.2) is 0 Å². The summed E-state index contributed by atoms with van der Waals surface area (Å²) in [6, 6.07) is 8.44. The summed E-state index contributed by atoms with van der Waals surface area (Å²) in [4.78, 5) is 0. The molecule has 1 rings (SSSR count). The van der Waals surface area contributed by atoms with Crippen molar-refractivity contribution in [2.45, 2.75) is 25.8 Å². The molecule has 0 aliphatic heterocycles. The van der Waals surface area contributed by atoms with E-state index in [0.29, 0.717) is 6.04 Å². The molecule has 0 fully saturated rings. The Bertz CT molecular complexity index is 302. The molecule has 0 radical (unpaired) electrons. The van der Waals surface area contributed by atoms with Crippen LogP contribution in [0.5, 0.6) is 5.75 Å². The van der Waals surface area contributed by atoms with Gasteiger partial charge in [-0.2, -0.15) is 0 Å². The molecular formula is C13H21NO2. The van der Waals surface area contributed by atoms with Crippen LogP contribution in [0.15, 0.2) is 24.3 Å². The van der Waals surface area contributed by atoms with Gasteiger partial charge in [-0.15, -0.1) is 0 Å². The van der Waals surface area contributed by atoms with Crippen LogP contribution in [0, 0.1) is 0 Å². The Kier molecular flexibility index (Phi) is 5.90. The summed E-state index contributed by atoms with van der Waals surface area (Å²) in [5.74, 6) is 0.889. The summed E-state index contributed by atoms with van der Waals surface area (Å²) >= 11 is 0. The molecule has 1 aromatic rings. The number of hydrogen-bond acceptors (Lipinski definition) is 3. The van der Waals surface area contributed by atoms with Crippen LogP contribution < -0.4 is 10.1 Å². The van der Waals surface area contributed by atoms with Crippen molar-refractivity contribution >= 4 is 0 Å². The van der Waals surface area contributed by atoms with Crippen LogP contribution in [0.3, 0.4) is 0 Å². The average Bonchev–Trinajstić information content (AvgIpc) is 2.35. The normalized spacial score (nSPS) is 12.4. The third kappa shape index (κ3) is 3.83. The Hall–Kier alpha value is -1.06. The fourth-order valence-electron chi connectivity index (χ4n) is 1.71. The highest BCUT2D eigenvalue weighted by Gasteiger charge is 2.08. The van der Waals surface area contributed by atoms with Crippen LogP contribution in [0.2, 0.25) is 0 Å². The fraction of sp³-hybridized carbons (Fsp3) is 0.538. The number of hydrogen-bond donors (Lipinski definition) is 2. The molecule has 0 spiro atoms. The maximum atomic E-state index is 8.74. The molecule has 1 atom stereocenters. The van der Waals surface area contributed by atoms with Crippen LogP contribution in [0.4, 0.5) is 0 Å². The van der Waals surface area contributed by atoms with E-state index in [9.17, 15) is 0 Å². The van der Waals surface area contributed by atoms with Crippen molar-refractivity contribution in [1.29, 1.82) is 0 Å². The SMILES string of the molecule is CCC(NCCCO)c1cccc(OC)c1. The van der Waals surface area contributed by atoms with E-state index in [2.05, 4.69) is 24.4 Å². The maximum absolute atomic E-state index is 8.74. The zero-order chi connectivity index (χ0) is 11.8. The van der Waals surface area contributed by atoms with E-state index < -0.39 is 0 Å². The van der Waals surface area contributed by atoms with E-state index in [4.69, 9.17) is 9.84 Å². The monoisotopic (exact) mass is 223 g/mol. The summed E-state index contributed by atoms with van der Waals surface area (Å²) in [6.07, 6.45) is 1.82. The first kappa shape index (κ1) is 13.0. The van der Waals surface area contributed by atoms with Crippen LogP contribution in [0.25, 0.3) is 0 Å². The van der Waals surface area contributed by atoms with E-state index in [1.807, 2.05) is 12.1 Å². The quantitative estimate of drug-likeness (QED) is 0.696. The highest BCUT2D eigenvalue weighted by atomic mass is 16.5. The van der Waals surface area contributed by atoms with E-state index in [-0.39, 0.29) is 6.61 Å². The number of methoxy groups -OCH3 is 1. The first-order valence-corrected chi connectivity index (χ1v) is 5.80. The molecule has 3 heteroatoms. The molecule has 16 heavy (non-hydrogen) atoms. The van der Waals surface area contributed by atoms with E-state index >= 15 is 0 Å². The molecular weight excluding hydrogens is 202 g/mol. The lowest BCUT2D eigenvalue weighted by atomic mass is 10.0. The lowest BCUT2D eigenvalue weighted by Crippen LogP contribution is -2.22. The smallest absolute Gasteiger partial charge is 0.119 e. The molecule has 0 aliphatic carbocycles. The Morgan fingerprint density at radius 2 is 2.25 bits per heavy atom. The van der Waals surface area contributed by atoms with E-state index in [0.717, 1.165) is 25.1 Å². The first-order valence-electron chi connectivity index (χ1n) is 5.80. The molecule has 2 N–H and O–H groups in total. The largest absolute Gasteiger partial charge is 0.497 e. The van der Waals surface area contributed by atoms with Crippen LogP contribution in [0.1, 0.15) is 31.4 Å². The van der Waals surface area contributed by atoms with Gasteiger partial charge in [-0.3, -0.25) is 0 Å². The van der Waals surface area contributed by atoms with E-state index in [1.54, 1.807) is 7.11 Å². The Morgan fingerprint density at radius 1 is 1.44 bits per heavy atom. The van der Waals surface area contributed by atoms with Crippen LogP contribution in [-0.4, -0.2) is 25.4 Å². The summed E-state index contributed by atoms with van der Waals surface area (Å²) in [5, 5.41) is 12.2. The van der Waals surface area contributed by atoms with Gasteiger partial charge in [0.2, 0.25) is 0 Å². The van der Waals surface area contributed by atoms with Gasteiger partial charge in [-0.05, 0) is 37.1 Å². The predicted octanol–water partition coefficient (Wildman–Crippen LogP) is 2.12. The Balaban J connectivity index is 2.62. The number of rotatable bonds is 7. The summed E-state index contributed by atoms with van der Waals surface area (Å²) < 4.78 is 5.21. The molecule has 0 bridgehead atoms. The van der Waals surface area contributed by atoms with Gasteiger partial charge in [0.05, 0.1) is 7.11 Å². The number of aliphatic hydroxyl groups is 1. The van der Waals surface area contributed by atoms with Crippen molar-refractivity contribution in [3.63, 3.8) is 0 Å². The average molecular weight is 223 g/mol. The third-order valence-corrected chi connectivity index (χ3v) is 2.63. The molecule has 90 valence electrons. The molecule has 0 heterocycles. The van der Waals surface area contributed by atoms with E-state index in [1.165, 1.54) is 5.56 Å². The number of benzene rings is 1. The van der Waals surface area contributed by atoms with Gasteiger partial charge in [0.1, 0.15) is 5.75 Å². The van der Waals surface area contributed by atoms with Gasteiger partial charge in [-0.25, -0.2) is 0 Å². The number of ether oxygens (including phenoxy) is 1. The Labute approximate surface area is 97.4 Å². The third-order valence-electron chi connectivity index (χ3n) is 2.63. The van der Waals surface area contributed by atoms with Crippen molar-refractivity contribution < 1.29 is 9.84 Å². The minimum Gasteiger partial charge on any atom is -0.497 e. The second kappa shape index (κ2) is 7.25. The van der Waals surface area contributed by atoms with Crippen molar-refractivity contribution in [3.05, 3.63) is 29.8 Å². The molecule has 0 aliphatic rings. The molecule has 0 aromatic heterocycles. The zero-order valence-electron chi connectivity index (χ0n) is 10.1. The second-order valence-corrected chi connectivity index (χ2v) is 3.77. The molecule has 0 saturated heterocycles. The number of aliphatic hydroxyl groups excluding tert-OH is 1. The second-order valence-electron chi connectivity index (χ2n) is 3.77. The highest BCUT2D eigenvalue weighted by molar-refractivity contribution is 5.30. The summed E-state index contributed by atoms with van der Waals surface area (Å²) in [5.41, 5.74) is 1.24. The van der Waals surface area contributed by atoms with Crippen molar-refractivity contribution in [2.24, 2.45) is 0 Å². The number of nitrogens with one attached hydrogen (secondary N) is 1. The van der Waals surface area contributed by atoms with Crippen molar-refractivity contribution in [2.75, 3.05) is 20.3 Å².